The van der Waals surface area contributed by atoms with Gasteiger partial charge >= 0.3 is 0 Å². The molecule has 0 aliphatic carbocycles. The Morgan fingerprint density at radius 2 is 1.76 bits per heavy atom. The fourth-order valence-electron chi connectivity index (χ4n) is 2.33. The van der Waals surface area contributed by atoms with Gasteiger partial charge in [0.2, 0.25) is 0 Å². The van der Waals surface area contributed by atoms with Crippen molar-refractivity contribution >= 4 is 11.0 Å². The van der Waals surface area contributed by atoms with Crippen molar-refractivity contribution in [2.45, 2.75) is 13.2 Å². The zero-order valence-corrected chi connectivity index (χ0v) is 12.0. The van der Waals surface area contributed by atoms with Crippen molar-refractivity contribution in [3.05, 3.63) is 60.4 Å². The number of nitrogens with zero attached hydrogens (tertiary/aromatic N) is 2. The molecule has 0 radical (unpaired) electrons. The van der Waals surface area contributed by atoms with Crippen LogP contribution in [0, 0.1) is 0 Å². The van der Waals surface area contributed by atoms with Crippen LogP contribution in [0.4, 0.5) is 0 Å². The predicted octanol–water partition coefficient (Wildman–Crippen LogP) is 3.26. The average molecular weight is 282 g/mol. The minimum atomic E-state index is 0.447. The molecule has 0 aliphatic rings. The second-order valence-electron chi connectivity index (χ2n) is 4.76. The summed E-state index contributed by atoms with van der Waals surface area (Å²) >= 11 is 0. The molecule has 0 spiro atoms. The maximum absolute atomic E-state index is 5.82. The van der Waals surface area contributed by atoms with Crippen LogP contribution in [0.5, 0.6) is 5.75 Å². The van der Waals surface area contributed by atoms with Gasteiger partial charge in [0.15, 0.2) is 0 Å². The second-order valence-corrected chi connectivity index (χ2v) is 4.76. The molecule has 2 aromatic carbocycles. The van der Waals surface area contributed by atoms with Crippen LogP contribution in [0.1, 0.15) is 5.82 Å². The molecule has 0 N–H and O–H groups in total. The Morgan fingerprint density at radius 3 is 2.57 bits per heavy atom. The molecule has 3 aromatic rings. The van der Waals surface area contributed by atoms with Gasteiger partial charge in [-0.3, -0.25) is 0 Å². The number of para-hydroxylation sites is 3. The molecule has 1 heterocycles. The first-order chi connectivity index (χ1) is 10.4. The third-order valence-corrected chi connectivity index (χ3v) is 3.36. The maximum atomic E-state index is 5.82. The smallest absolute Gasteiger partial charge is 0.148 e. The lowest BCUT2D eigenvalue weighted by Crippen LogP contribution is -2.10. The van der Waals surface area contributed by atoms with Gasteiger partial charge in [-0.15, -0.1) is 0 Å². The molecule has 21 heavy (non-hydrogen) atoms. The molecule has 0 saturated carbocycles. The molecule has 0 saturated heterocycles. The van der Waals surface area contributed by atoms with Gasteiger partial charge < -0.3 is 14.0 Å². The lowest BCUT2D eigenvalue weighted by atomic mass is 10.3. The van der Waals surface area contributed by atoms with Gasteiger partial charge in [-0.2, -0.15) is 0 Å². The van der Waals surface area contributed by atoms with E-state index in [-0.39, 0.29) is 0 Å². The number of fused-ring (bicyclic) bond motifs is 1. The summed E-state index contributed by atoms with van der Waals surface area (Å²) in [4.78, 5) is 4.66. The van der Waals surface area contributed by atoms with Crippen molar-refractivity contribution in [2.24, 2.45) is 0 Å². The van der Waals surface area contributed by atoms with Gasteiger partial charge in [0, 0.05) is 13.7 Å². The lowest BCUT2D eigenvalue weighted by molar-refractivity contribution is 0.185. The molecule has 4 heteroatoms. The number of ether oxygens (including phenoxy) is 2. The van der Waals surface area contributed by atoms with Crippen LogP contribution in [0.2, 0.25) is 0 Å². The van der Waals surface area contributed by atoms with Gasteiger partial charge in [0.05, 0.1) is 17.6 Å². The highest BCUT2D eigenvalue weighted by Crippen LogP contribution is 2.18. The molecular formula is C17H18N2O2. The summed E-state index contributed by atoms with van der Waals surface area (Å²) in [7, 11) is 1.71. The Bertz CT molecular complexity index is 707. The Morgan fingerprint density at radius 1 is 1.00 bits per heavy atom. The van der Waals surface area contributed by atoms with E-state index in [1.165, 1.54) is 0 Å². The monoisotopic (exact) mass is 282 g/mol. The zero-order valence-electron chi connectivity index (χ0n) is 12.0. The fourth-order valence-corrected chi connectivity index (χ4v) is 2.33. The van der Waals surface area contributed by atoms with Crippen molar-refractivity contribution in [3.8, 4) is 5.75 Å². The van der Waals surface area contributed by atoms with E-state index in [1.807, 2.05) is 48.5 Å². The summed E-state index contributed by atoms with van der Waals surface area (Å²) in [6.45, 7) is 1.87. The Balaban J connectivity index is 1.86. The van der Waals surface area contributed by atoms with Crippen molar-refractivity contribution < 1.29 is 9.47 Å². The van der Waals surface area contributed by atoms with Crippen LogP contribution < -0.4 is 4.74 Å². The molecule has 0 unspecified atom stereocenters. The molecule has 1 aromatic heterocycles. The number of imidazole rings is 1. The summed E-state index contributed by atoms with van der Waals surface area (Å²) in [5.41, 5.74) is 2.10. The predicted molar refractivity (Wildman–Crippen MR) is 82.4 cm³/mol. The highest BCUT2D eigenvalue weighted by molar-refractivity contribution is 5.75. The van der Waals surface area contributed by atoms with Crippen LogP contribution in [0.3, 0.4) is 0 Å². The van der Waals surface area contributed by atoms with Gasteiger partial charge in [0.1, 0.15) is 18.2 Å². The Hall–Kier alpha value is -2.33. The summed E-state index contributed by atoms with van der Waals surface area (Å²) in [5, 5.41) is 0. The number of rotatable bonds is 6. The molecule has 108 valence electrons. The molecule has 0 fully saturated rings. The van der Waals surface area contributed by atoms with E-state index in [1.54, 1.807) is 7.11 Å². The normalized spacial score (nSPS) is 10.9. The first-order valence-electron chi connectivity index (χ1n) is 6.99. The highest BCUT2D eigenvalue weighted by Gasteiger charge is 2.10. The Kier molecular flexibility index (Phi) is 4.17. The summed E-state index contributed by atoms with van der Waals surface area (Å²) in [6.07, 6.45) is 0. The minimum Gasteiger partial charge on any atom is -0.486 e. The quantitative estimate of drug-likeness (QED) is 0.696. The molecular weight excluding hydrogens is 264 g/mol. The minimum absolute atomic E-state index is 0.447. The van der Waals surface area contributed by atoms with Gasteiger partial charge in [-0.1, -0.05) is 30.3 Å². The highest BCUT2D eigenvalue weighted by atomic mass is 16.5. The number of hydrogen-bond donors (Lipinski definition) is 0. The number of aromatic nitrogens is 2. The van der Waals surface area contributed by atoms with E-state index in [0.29, 0.717) is 13.2 Å². The van der Waals surface area contributed by atoms with Crippen molar-refractivity contribution in [1.29, 1.82) is 0 Å². The average Bonchev–Trinajstić information content (AvgIpc) is 2.89. The van der Waals surface area contributed by atoms with Crippen LogP contribution in [0.15, 0.2) is 54.6 Å². The number of methoxy groups -OCH3 is 1. The van der Waals surface area contributed by atoms with Crippen LogP contribution in [0.25, 0.3) is 11.0 Å². The van der Waals surface area contributed by atoms with Gasteiger partial charge in [-0.25, -0.2) is 4.98 Å². The fraction of sp³-hybridized carbons (Fsp3) is 0.235. The summed E-state index contributed by atoms with van der Waals surface area (Å²) in [6, 6.07) is 17.9. The number of hydrogen-bond acceptors (Lipinski definition) is 3. The Labute approximate surface area is 123 Å². The van der Waals surface area contributed by atoms with E-state index in [4.69, 9.17) is 9.47 Å². The SMILES string of the molecule is COCCn1c(COc2ccccc2)nc2ccccc21. The number of benzene rings is 2. The second kappa shape index (κ2) is 6.41. The maximum Gasteiger partial charge on any atom is 0.148 e. The summed E-state index contributed by atoms with van der Waals surface area (Å²) in [5.74, 6) is 1.76. The van der Waals surface area contributed by atoms with Crippen molar-refractivity contribution in [2.75, 3.05) is 13.7 Å². The topological polar surface area (TPSA) is 36.3 Å². The molecule has 4 nitrogen and oxygen atoms in total. The molecule has 0 amide bonds. The van der Waals surface area contributed by atoms with Crippen molar-refractivity contribution in [1.82, 2.24) is 9.55 Å². The van der Waals surface area contributed by atoms with E-state index in [9.17, 15) is 0 Å². The first-order valence-corrected chi connectivity index (χ1v) is 6.99. The standard InChI is InChI=1S/C17H18N2O2/c1-20-12-11-19-16-10-6-5-9-15(16)18-17(19)13-21-14-7-3-2-4-8-14/h2-10H,11-13H2,1H3. The van der Waals surface area contributed by atoms with Crippen LogP contribution >= 0.6 is 0 Å². The van der Waals surface area contributed by atoms with E-state index in [2.05, 4.69) is 15.6 Å². The van der Waals surface area contributed by atoms with Crippen LogP contribution in [-0.2, 0) is 17.9 Å². The third kappa shape index (κ3) is 3.06. The molecule has 0 atom stereocenters. The van der Waals surface area contributed by atoms with E-state index in [0.717, 1.165) is 29.2 Å². The largest absolute Gasteiger partial charge is 0.486 e. The molecule has 3 rings (SSSR count). The third-order valence-electron chi connectivity index (χ3n) is 3.36. The molecule has 0 aliphatic heterocycles. The first kappa shape index (κ1) is 13.6. The lowest BCUT2D eigenvalue weighted by Gasteiger charge is -2.10. The van der Waals surface area contributed by atoms with Gasteiger partial charge in [-0.05, 0) is 24.3 Å². The van der Waals surface area contributed by atoms with E-state index < -0.39 is 0 Å². The van der Waals surface area contributed by atoms with Crippen molar-refractivity contribution in [3.63, 3.8) is 0 Å². The van der Waals surface area contributed by atoms with Crippen LogP contribution in [-0.4, -0.2) is 23.3 Å². The zero-order chi connectivity index (χ0) is 14.5. The van der Waals surface area contributed by atoms with Gasteiger partial charge in [0.25, 0.3) is 0 Å². The summed E-state index contributed by atoms with van der Waals surface area (Å²) < 4.78 is 13.2. The molecule has 0 bridgehead atoms. The van der Waals surface area contributed by atoms with E-state index >= 15 is 0 Å².